The van der Waals surface area contributed by atoms with Gasteiger partial charge in [-0.3, -0.25) is 0 Å². The minimum absolute atomic E-state index is 0. The summed E-state index contributed by atoms with van der Waals surface area (Å²) in [4.78, 5) is 21.5. The summed E-state index contributed by atoms with van der Waals surface area (Å²) in [6.07, 6.45) is 2.49. The molecule has 9 heteroatoms. The number of halogens is 1. The van der Waals surface area contributed by atoms with Gasteiger partial charge in [-0.1, -0.05) is 6.92 Å². The number of aromatic nitrogens is 4. The standard InChI is InChI=1S/C14H23N7O.ClH/c1-5-6-15-12-10-11(18-14(19-12)20(2)3)13(17-9-16-10)21(4)7-8-22;/h9,22H,5-8H2,1-4H3,(H,15,18,19);1H. The predicted molar refractivity (Wildman–Crippen MR) is 95.8 cm³/mol. The number of nitrogens with one attached hydrogen (secondary N) is 1. The molecular weight excluding hydrogens is 318 g/mol. The maximum Gasteiger partial charge on any atom is 0.227 e. The molecule has 0 aromatic carbocycles. The second-order valence-electron chi connectivity index (χ2n) is 5.23. The molecule has 0 spiro atoms. The lowest BCUT2D eigenvalue weighted by molar-refractivity contribution is 0.304. The Morgan fingerprint density at radius 2 is 1.87 bits per heavy atom. The van der Waals surface area contributed by atoms with Gasteiger partial charge >= 0.3 is 0 Å². The largest absolute Gasteiger partial charge is 0.395 e. The van der Waals surface area contributed by atoms with E-state index >= 15 is 0 Å². The highest BCUT2D eigenvalue weighted by Crippen LogP contribution is 2.26. The van der Waals surface area contributed by atoms with E-state index in [0.717, 1.165) is 13.0 Å². The third-order valence-corrected chi connectivity index (χ3v) is 3.19. The summed E-state index contributed by atoms with van der Waals surface area (Å²) in [6, 6.07) is 0. The van der Waals surface area contributed by atoms with E-state index in [2.05, 4.69) is 32.2 Å². The van der Waals surface area contributed by atoms with Crippen LogP contribution in [0.15, 0.2) is 6.33 Å². The average molecular weight is 342 g/mol. The Bertz CT molecular complexity index is 638. The summed E-state index contributed by atoms with van der Waals surface area (Å²) >= 11 is 0. The molecule has 0 atom stereocenters. The van der Waals surface area contributed by atoms with Crippen LogP contribution in [-0.2, 0) is 0 Å². The van der Waals surface area contributed by atoms with Crippen LogP contribution in [0.1, 0.15) is 13.3 Å². The van der Waals surface area contributed by atoms with Crippen LogP contribution in [0.4, 0.5) is 17.6 Å². The Hall–Kier alpha value is -1.93. The van der Waals surface area contributed by atoms with Gasteiger partial charge in [0.05, 0.1) is 6.61 Å². The summed E-state index contributed by atoms with van der Waals surface area (Å²) in [7, 11) is 5.66. The summed E-state index contributed by atoms with van der Waals surface area (Å²) in [5.41, 5.74) is 1.37. The van der Waals surface area contributed by atoms with Gasteiger partial charge in [0, 0.05) is 34.2 Å². The van der Waals surface area contributed by atoms with Crippen molar-refractivity contribution in [3.8, 4) is 0 Å². The lowest BCUT2D eigenvalue weighted by Crippen LogP contribution is -2.23. The number of hydrogen-bond acceptors (Lipinski definition) is 8. The molecule has 0 aliphatic rings. The third kappa shape index (κ3) is 4.29. The number of rotatable bonds is 7. The predicted octanol–water partition coefficient (Wildman–Crippen LogP) is 1.16. The van der Waals surface area contributed by atoms with Crippen molar-refractivity contribution in [1.82, 2.24) is 19.9 Å². The highest BCUT2D eigenvalue weighted by atomic mass is 35.5. The first-order chi connectivity index (χ1) is 10.6. The molecule has 2 N–H and O–H groups in total. The number of hydrogen-bond donors (Lipinski definition) is 2. The Labute approximate surface area is 142 Å². The minimum atomic E-state index is 0. The van der Waals surface area contributed by atoms with Gasteiger partial charge < -0.3 is 20.2 Å². The SMILES string of the molecule is CCCNc1nc(N(C)C)nc2c(N(C)CCO)ncnc12.Cl. The van der Waals surface area contributed by atoms with Crippen molar-refractivity contribution in [2.75, 3.05) is 56.0 Å². The first-order valence-corrected chi connectivity index (χ1v) is 7.34. The van der Waals surface area contributed by atoms with Crippen molar-refractivity contribution in [2.24, 2.45) is 0 Å². The van der Waals surface area contributed by atoms with E-state index in [4.69, 9.17) is 5.11 Å². The topological polar surface area (TPSA) is 90.3 Å². The van der Waals surface area contributed by atoms with Crippen LogP contribution in [0, 0.1) is 0 Å². The van der Waals surface area contributed by atoms with Gasteiger partial charge in [0.15, 0.2) is 11.6 Å². The first-order valence-electron chi connectivity index (χ1n) is 7.34. The molecule has 2 heterocycles. The highest BCUT2D eigenvalue weighted by Gasteiger charge is 2.16. The minimum Gasteiger partial charge on any atom is -0.395 e. The quantitative estimate of drug-likeness (QED) is 0.775. The van der Waals surface area contributed by atoms with Crippen LogP contribution >= 0.6 is 12.4 Å². The lowest BCUT2D eigenvalue weighted by atomic mass is 10.3. The monoisotopic (exact) mass is 341 g/mol. The van der Waals surface area contributed by atoms with Gasteiger partial charge in [0.25, 0.3) is 0 Å². The lowest BCUT2D eigenvalue weighted by Gasteiger charge is -2.20. The smallest absolute Gasteiger partial charge is 0.227 e. The maximum atomic E-state index is 9.15. The molecule has 23 heavy (non-hydrogen) atoms. The molecule has 8 nitrogen and oxygen atoms in total. The summed E-state index contributed by atoms with van der Waals surface area (Å²) < 4.78 is 0. The Morgan fingerprint density at radius 3 is 2.48 bits per heavy atom. The van der Waals surface area contributed by atoms with Crippen LogP contribution in [0.25, 0.3) is 11.0 Å². The van der Waals surface area contributed by atoms with E-state index in [1.54, 1.807) is 0 Å². The fourth-order valence-corrected chi connectivity index (χ4v) is 2.03. The molecule has 0 saturated carbocycles. The molecule has 0 amide bonds. The Kier molecular flexibility index (Phi) is 7.18. The zero-order valence-electron chi connectivity index (χ0n) is 13.9. The molecule has 0 radical (unpaired) electrons. The van der Waals surface area contributed by atoms with Gasteiger partial charge in [0.2, 0.25) is 5.95 Å². The average Bonchev–Trinajstić information content (AvgIpc) is 2.51. The second-order valence-corrected chi connectivity index (χ2v) is 5.23. The first kappa shape index (κ1) is 19.1. The van der Waals surface area contributed by atoms with Gasteiger partial charge in [-0.05, 0) is 6.42 Å². The number of aliphatic hydroxyl groups excluding tert-OH is 1. The number of nitrogens with zero attached hydrogens (tertiary/aromatic N) is 6. The van der Waals surface area contributed by atoms with Crippen LogP contribution in [0.3, 0.4) is 0 Å². The van der Waals surface area contributed by atoms with Crippen LogP contribution in [0.5, 0.6) is 0 Å². The molecule has 2 aromatic rings. The Balaban J connectivity index is 0.00000264. The zero-order chi connectivity index (χ0) is 16.1. The number of anilines is 3. The normalized spacial score (nSPS) is 10.3. The van der Waals surface area contributed by atoms with Crippen molar-refractivity contribution < 1.29 is 5.11 Å². The highest BCUT2D eigenvalue weighted by molar-refractivity contribution is 5.93. The molecule has 2 rings (SSSR count). The third-order valence-electron chi connectivity index (χ3n) is 3.19. The molecule has 0 bridgehead atoms. The molecule has 0 unspecified atom stereocenters. The summed E-state index contributed by atoms with van der Waals surface area (Å²) in [6.45, 7) is 3.43. The van der Waals surface area contributed by atoms with Crippen LogP contribution in [-0.4, -0.2) is 65.9 Å². The molecule has 0 fully saturated rings. The van der Waals surface area contributed by atoms with E-state index in [9.17, 15) is 0 Å². The van der Waals surface area contributed by atoms with Gasteiger partial charge in [-0.25, -0.2) is 15.0 Å². The number of likely N-dealkylation sites (N-methyl/N-ethyl adjacent to an activating group) is 1. The van der Waals surface area contributed by atoms with Gasteiger partial charge in [0.1, 0.15) is 17.4 Å². The molecule has 2 aromatic heterocycles. The van der Waals surface area contributed by atoms with Gasteiger partial charge in [-0.2, -0.15) is 4.98 Å². The molecule has 0 aliphatic carbocycles. The van der Waals surface area contributed by atoms with Crippen molar-refractivity contribution in [3.63, 3.8) is 0 Å². The van der Waals surface area contributed by atoms with E-state index in [1.165, 1.54) is 6.33 Å². The number of fused-ring (bicyclic) bond motifs is 1. The summed E-state index contributed by atoms with van der Waals surface area (Å²) in [5, 5.41) is 12.4. The van der Waals surface area contributed by atoms with E-state index < -0.39 is 0 Å². The fourth-order valence-electron chi connectivity index (χ4n) is 2.03. The summed E-state index contributed by atoms with van der Waals surface area (Å²) in [5.74, 6) is 1.99. The van der Waals surface area contributed by atoms with E-state index in [1.807, 2.05) is 30.9 Å². The Morgan fingerprint density at radius 1 is 1.13 bits per heavy atom. The van der Waals surface area contributed by atoms with Crippen molar-refractivity contribution >= 4 is 41.0 Å². The van der Waals surface area contributed by atoms with E-state index in [-0.39, 0.29) is 19.0 Å². The van der Waals surface area contributed by atoms with Gasteiger partial charge in [-0.15, -0.1) is 12.4 Å². The number of aliphatic hydroxyl groups is 1. The molecule has 0 aliphatic heterocycles. The molecule has 128 valence electrons. The second kappa shape index (κ2) is 8.64. The van der Waals surface area contributed by atoms with E-state index in [0.29, 0.717) is 35.2 Å². The molecular formula is C14H24ClN7O. The van der Waals surface area contributed by atoms with Crippen molar-refractivity contribution in [3.05, 3.63) is 6.33 Å². The van der Waals surface area contributed by atoms with Crippen molar-refractivity contribution in [1.29, 1.82) is 0 Å². The maximum absolute atomic E-state index is 9.15. The molecule has 0 saturated heterocycles. The van der Waals surface area contributed by atoms with Crippen molar-refractivity contribution in [2.45, 2.75) is 13.3 Å². The fraction of sp³-hybridized carbons (Fsp3) is 0.571. The van der Waals surface area contributed by atoms with Crippen LogP contribution in [0.2, 0.25) is 0 Å². The zero-order valence-corrected chi connectivity index (χ0v) is 14.8. The van der Waals surface area contributed by atoms with Crippen LogP contribution < -0.4 is 15.1 Å².